The molecule has 3 N–H and O–H groups in total. The number of ether oxygens (including phenoxy) is 3. The first kappa shape index (κ1) is 18.5. The Morgan fingerprint density at radius 1 is 1.15 bits per heavy atom. The van der Waals surface area contributed by atoms with Gasteiger partial charge in [-0.2, -0.15) is 0 Å². The van der Waals surface area contributed by atoms with Crippen molar-refractivity contribution in [3.05, 3.63) is 48.0 Å². The normalized spacial score (nSPS) is 14.2. The van der Waals surface area contributed by atoms with E-state index in [1.807, 2.05) is 0 Å². The topological polar surface area (TPSA) is 106 Å². The summed E-state index contributed by atoms with van der Waals surface area (Å²) in [5.74, 6) is -0.184. The summed E-state index contributed by atoms with van der Waals surface area (Å²) in [5, 5.41) is 15.6. The molecule has 0 fully saturated rings. The molecule has 0 saturated carbocycles. The highest BCUT2D eigenvalue weighted by molar-refractivity contribution is 6.39. The van der Waals surface area contributed by atoms with Gasteiger partial charge in [0.25, 0.3) is 0 Å². The summed E-state index contributed by atoms with van der Waals surface area (Å²) in [6.45, 7) is 1.49. The molecule has 0 saturated heterocycles. The third-order valence-electron chi connectivity index (χ3n) is 4.15. The number of hydrogen-bond acceptors (Lipinski definition) is 6. The predicted octanol–water partition coefficient (Wildman–Crippen LogP) is 1.39. The Hall–Kier alpha value is -3.26. The van der Waals surface area contributed by atoms with E-state index >= 15 is 0 Å². The molecule has 2 amide bonds. The van der Waals surface area contributed by atoms with Crippen LogP contribution >= 0.6 is 0 Å². The fourth-order valence-electron chi connectivity index (χ4n) is 2.59. The van der Waals surface area contributed by atoms with E-state index in [0.29, 0.717) is 28.5 Å². The van der Waals surface area contributed by atoms with Gasteiger partial charge in [0.1, 0.15) is 11.4 Å². The van der Waals surface area contributed by atoms with Gasteiger partial charge in [0.05, 0.1) is 19.3 Å². The number of para-hydroxylation sites is 2. The Morgan fingerprint density at radius 2 is 1.89 bits per heavy atom. The zero-order valence-corrected chi connectivity index (χ0v) is 14.9. The van der Waals surface area contributed by atoms with E-state index in [-0.39, 0.29) is 13.3 Å². The molecule has 1 unspecified atom stereocenters. The fraction of sp³-hybridized carbons (Fsp3) is 0.263. The molecule has 1 heterocycles. The lowest BCUT2D eigenvalue weighted by Gasteiger charge is -2.24. The van der Waals surface area contributed by atoms with Crippen LogP contribution in [-0.2, 0) is 15.2 Å². The third kappa shape index (κ3) is 4.12. The molecule has 8 nitrogen and oxygen atoms in total. The van der Waals surface area contributed by atoms with Crippen LogP contribution < -0.4 is 24.8 Å². The third-order valence-corrected chi connectivity index (χ3v) is 4.15. The number of aliphatic hydroxyl groups is 1. The molecule has 27 heavy (non-hydrogen) atoms. The number of rotatable bonds is 5. The zero-order chi connectivity index (χ0) is 19.4. The number of methoxy groups -OCH3 is 1. The largest absolute Gasteiger partial charge is 0.495 e. The minimum Gasteiger partial charge on any atom is -0.495 e. The van der Waals surface area contributed by atoms with Crippen molar-refractivity contribution in [2.45, 2.75) is 12.5 Å². The summed E-state index contributed by atoms with van der Waals surface area (Å²) >= 11 is 0. The van der Waals surface area contributed by atoms with E-state index in [1.165, 1.54) is 14.0 Å². The van der Waals surface area contributed by atoms with Crippen molar-refractivity contribution in [2.24, 2.45) is 0 Å². The van der Waals surface area contributed by atoms with E-state index in [4.69, 9.17) is 14.2 Å². The van der Waals surface area contributed by atoms with Crippen LogP contribution in [0.1, 0.15) is 12.5 Å². The maximum Gasteiger partial charge on any atom is 0.313 e. The molecule has 2 aromatic carbocycles. The van der Waals surface area contributed by atoms with E-state index in [9.17, 15) is 14.7 Å². The highest BCUT2D eigenvalue weighted by Gasteiger charge is 2.28. The maximum absolute atomic E-state index is 12.1. The van der Waals surface area contributed by atoms with Gasteiger partial charge in [-0.1, -0.05) is 18.2 Å². The molecule has 0 spiro atoms. The molecule has 3 rings (SSSR count). The highest BCUT2D eigenvalue weighted by Crippen LogP contribution is 2.35. The summed E-state index contributed by atoms with van der Waals surface area (Å²) in [5.41, 5.74) is -0.499. The van der Waals surface area contributed by atoms with Crippen LogP contribution in [0.4, 0.5) is 5.69 Å². The van der Waals surface area contributed by atoms with Crippen LogP contribution in [0.25, 0.3) is 0 Å². The molecule has 142 valence electrons. The van der Waals surface area contributed by atoms with Gasteiger partial charge in [0.2, 0.25) is 6.79 Å². The van der Waals surface area contributed by atoms with Crippen molar-refractivity contribution < 1.29 is 28.9 Å². The molecule has 2 aromatic rings. The first-order chi connectivity index (χ1) is 12.9. The van der Waals surface area contributed by atoms with E-state index < -0.39 is 17.4 Å². The lowest BCUT2D eigenvalue weighted by molar-refractivity contribution is -0.136. The van der Waals surface area contributed by atoms with Crippen LogP contribution in [0.5, 0.6) is 17.2 Å². The Balaban J connectivity index is 1.61. The zero-order valence-electron chi connectivity index (χ0n) is 14.9. The van der Waals surface area contributed by atoms with Crippen molar-refractivity contribution in [1.82, 2.24) is 5.32 Å². The van der Waals surface area contributed by atoms with E-state index in [1.54, 1.807) is 42.5 Å². The summed E-state index contributed by atoms with van der Waals surface area (Å²) in [7, 11) is 1.47. The average Bonchev–Trinajstić information content (AvgIpc) is 3.14. The Bertz CT molecular complexity index is 865. The number of fused-ring (bicyclic) bond motifs is 1. The van der Waals surface area contributed by atoms with Crippen molar-refractivity contribution >= 4 is 17.5 Å². The molecule has 1 aliphatic heterocycles. The van der Waals surface area contributed by atoms with Crippen molar-refractivity contribution in [3.63, 3.8) is 0 Å². The monoisotopic (exact) mass is 372 g/mol. The summed E-state index contributed by atoms with van der Waals surface area (Å²) in [4.78, 5) is 24.2. The molecule has 0 aromatic heterocycles. The van der Waals surface area contributed by atoms with Gasteiger partial charge in [-0.15, -0.1) is 0 Å². The lowest BCUT2D eigenvalue weighted by Crippen LogP contribution is -2.43. The maximum atomic E-state index is 12.1. The van der Waals surface area contributed by atoms with Crippen molar-refractivity contribution in [3.8, 4) is 17.2 Å². The minimum atomic E-state index is -1.40. The van der Waals surface area contributed by atoms with Crippen LogP contribution in [0, 0.1) is 0 Å². The number of carbonyl (C=O) groups is 2. The Morgan fingerprint density at radius 3 is 2.67 bits per heavy atom. The molecule has 0 radical (unpaired) electrons. The second kappa shape index (κ2) is 7.55. The van der Waals surface area contributed by atoms with Gasteiger partial charge in [-0.05, 0) is 36.8 Å². The van der Waals surface area contributed by atoms with Crippen LogP contribution in [-0.4, -0.2) is 37.4 Å². The number of hydrogen-bond donors (Lipinski definition) is 3. The van der Waals surface area contributed by atoms with Gasteiger partial charge < -0.3 is 30.0 Å². The number of amides is 2. The Labute approximate surface area is 156 Å². The van der Waals surface area contributed by atoms with Gasteiger partial charge >= 0.3 is 11.8 Å². The van der Waals surface area contributed by atoms with Gasteiger partial charge in [-0.25, -0.2) is 0 Å². The van der Waals surface area contributed by atoms with Gasteiger partial charge in [-0.3, -0.25) is 9.59 Å². The first-order valence-corrected chi connectivity index (χ1v) is 8.25. The molecule has 8 heteroatoms. The number of nitrogens with one attached hydrogen (secondary N) is 2. The summed E-state index contributed by atoms with van der Waals surface area (Å²) in [6.07, 6.45) is 0. The van der Waals surface area contributed by atoms with Crippen LogP contribution in [0.3, 0.4) is 0 Å². The van der Waals surface area contributed by atoms with E-state index in [0.717, 1.165) is 0 Å². The van der Waals surface area contributed by atoms with E-state index in [2.05, 4.69) is 10.6 Å². The summed E-state index contributed by atoms with van der Waals surface area (Å²) in [6, 6.07) is 11.7. The molecule has 1 aliphatic rings. The number of carbonyl (C=O) groups excluding carboxylic acids is 2. The van der Waals surface area contributed by atoms with Gasteiger partial charge in [0.15, 0.2) is 11.5 Å². The van der Waals surface area contributed by atoms with Crippen molar-refractivity contribution in [2.75, 3.05) is 25.8 Å². The predicted molar refractivity (Wildman–Crippen MR) is 96.8 cm³/mol. The highest BCUT2D eigenvalue weighted by atomic mass is 16.7. The second-order valence-electron chi connectivity index (χ2n) is 6.18. The quantitative estimate of drug-likeness (QED) is 0.685. The average molecular weight is 372 g/mol. The molecule has 1 atom stereocenters. The van der Waals surface area contributed by atoms with Crippen LogP contribution in [0.2, 0.25) is 0 Å². The first-order valence-electron chi connectivity index (χ1n) is 8.25. The molecular weight excluding hydrogens is 352 g/mol. The molecule has 0 aliphatic carbocycles. The number of anilines is 1. The standard InChI is InChI=1S/C19H20N2O6/c1-19(24,12-7-8-15-16(9-12)27-11-26-15)10-20-17(22)18(23)21-13-5-3-4-6-14(13)25-2/h3-9,24H,10-11H2,1-2H3,(H,20,22)(H,21,23). The fourth-order valence-corrected chi connectivity index (χ4v) is 2.59. The smallest absolute Gasteiger partial charge is 0.313 e. The summed E-state index contributed by atoms with van der Waals surface area (Å²) < 4.78 is 15.7. The van der Waals surface area contributed by atoms with Gasteiger partial charge in [0, 0.05) is 0 Å². The van der Waals surface area contributed by atoms with Crippen molar-refractivity contribution in [1.29, 1.82) is 0 Å². The van der Waals surface area contributed by atoms with Crippen LogP contribution in [0.15, 0.2) is 42.5 Å². The lowest BCUT2D eigenvalue weighted by atomic mass is 9.95. The Kier molecular flexibility index (Phi) is 5.18. The number of benzene rings is 2. The molecule has 0 bridgehead atoms. The minimum absolute atomic E-state index is 0.126. The SMILES string of the molecule is COc1ccccc1NC(=O)C(=O)NCC(C)(O)c1ccc2c(c1)OCO2. The molecular formula is C19H20N2O6. The second-order valence-corrected chi connectivity index (χ2v) is 6.18.